The van der Waals surface area contributed by atoms with E-state index >= 15 is 0 Å². The van der Waals surface area contributed by atoms with E-state index in [9.17, 15) is 8.78 Å². The highest BCUT2D eigenvalue weighted by molar-refractivity contribution is 5.23. The third kappa shape index (κ3) is 2.12. The van der Waals surface area contributed by atoms with Gasteiger partial charge in [0.25, 0.3) is 0 Å². The summed E-state index contributed by atoms with van der Waals surface area (Å²) in [6, 6.07) is 3.05. The standard InChI is InChI=1S/C10H11F2N/c1-2-4-9(13)10-7(11)5-3-6-8(10)12/h2-3,5-6,9H,1,4,13H2. The second-order valence-electron chi connectivity index (χ2n) is 2.77. The van der Waals surface area contributed by atoms with Crippen molar-refractivity contribution in [3.8, 4) is 0 Å². The molecule has 1 aromatic carbocycles. The summed E-state index contributed by atoms with van der Waals surface area (Å²) in [6.45, 7) is 3.46. The van der Waals surface area contributed by atoms with Crippen molar-refractivity contribution in [3.63, 3.8) is 0 Å². The summed E-state index contributed by atoms with van der Waals surface area (Å²) in [5.74, 6) is -1.20. The van der Waals surface area contributed by atoms with Gasteiger partial charge in [-0.2, -0.15) is 0 Å². The zero-order chi connectivity index (χ0) is 9.84. The number of hydrogen-bond acceptors (Lipinski definition) is 1. The third-order valence-electron chi connectivity index (χ3n) is 1.79. The monoisotopic (exact) mass is 183 g/mol. The number of benzene rings is 1. The molecule has 0 radical (unpaired) electrons. The highest BCUT2D eigenvalue weighted by Crippen LogP contribution is 2.21. The highest BCUT2D eigenvalue weighted by Gasteiger charge is 2.14. The van der Waals surface area contributed by atoms with Gasteiger partial charge in [-0.15, -0.1) is 6.58 Å². The van der Waals surface area contributed by atoms with Crippen LogP contribution in [0.25, 0.3) is 0 Å². The average molecular weight is 183 g/mol. The molecule has 0 aromatic heterocycles. The first kappa shape index (κ1) is 9.86. The van der Waals surface area contributed by atoms with Gasteiger partial charge in [0.1, 0.15) is 11.6 Å². The van der Waals surface area contributed by atoms with Crippen LogP contribution in [-0.2, 0) is 0 Å². The number of nitrogens with two attached hydrogens (primary N) is 1. The van der Waals surface area contributed by atoms with E-state index in [1.165, 1.54) is 24.3 Å². The molecule has 0 aliphatic rings. The topological polar surface area (TPSA) is 26.0 Å². The molecule has 1 unspecified atom stereocenters. The van der Waals surface area contributed by atoms with Crippen molar-refractivity contribution < 1.29 is 8.78 Å². The minimum absolute atomic E-state index is 0.0672. The summed E-state index contributed by atoms with van der Waals surface area (Å²) in [5, 5.41) is 0. The highest BCUT2D eigenvalue weighted by atomic mass is 19.1. The summed E-state index contributed by atoms with van der Waals surface area (Å²) in [6.07, 6.45) is 1.90. The Hall–Kier alpha value is -1.22. The summed E-state index contributed by atoms with van der Waals surface area (Å²) < 4.78 is 26.1. The molecule has 1 rings (SSSR count). The van der Waals surface area contributed by atoms with E-state index in [1.807, 2.05) is 0 Å². The molecule has 0 amide bonds. The van der Waals surface area contributed by atoms with E-state index in [1.54, 1.807) is 0 Å². The van der Waals surface area contributed by atoms with Crippen LogP contribution in [0.15, 0.2) is 30.9 Å². The normalized spacial score (nSPS) is 12.5. The van der Waals surface area contributed by atoms with Gasteiger partial charge in [-0.3, -0.25) is 0 Å². The molecule has 0 aliphatic carbocycles. The van der Waals surface area contributed by atoms with Crippen LogP contribution >= 0.6 is 0 Å². The molecule has 0 aliphatic heterocycles. The van der Waals surface area contributed by atoms with Gasteiger partial charge in [0, 0.05) is 11.6 Å². The SMILES string of the molecule is C=CCC(N)c1c(F)cccc1F. The maximum atomic E-state index is 13.1. The van der Waals surface area contributed by atoms with Gasteiger partial charge in [0.05, 0.1) is 0 Å². The quantitative estimate of drug-likeness (QED) is 0.716. The maximum Gasteiger partial charge on any atom is 0.130 e. The number of hydrogen-bond donors (Lipinski definition) is 1. The molecule has 1 aromatic rings. The van der Waals surface area contributed by atoms with Gasteiger partial charge in [-0.25, -0.2) is 8.78 Å². The van der Waals surface area contributed by atoms with Crippen molar-refractivity contribution in [3.05, 3.63) is 48.1 Å². The zero-order valence-electron chi connectivity index (χ0n) is 7.13. The van der Waals surface area contributed by atoms with E-state index in [-0.39, 0.29) is 5.56 Å². The molecule has 1 atom stereocenters. The summed E-state index contributed by atoms with van der Waals surface area (Å²) in [7, 11) is 0. The first-order chi connectivity index (χ1) is 6.16. The van der Waals surface area contributed by atoms with Crippen LogP contribution in [0.5, 0.6) is 0 Å². The molecule has 0 saturated carbocycles. The lowest BCUT2D eigenvalue weighted by atomic mass is 10.0. The third-order valence-corrected chi connectivity index (χ3v) is 1.79. The van der Waals surface area contributed by atoms with Crippen LogP contribution in [0.2, 0.25) is 0 Å². The molecular formula is C10H11F2N. The van der Waals surface area contributed by atoms with E-state index < -0.39 is 17.7 Å². The Morgan fingerprint density at radius 2 is 1.92 bits per heavy atom. The van der Waals surface area contributed by atoms with Crippen LogP contribution in [0.4, 0.5) is 8.78 Å². The molecular weight excluding hydrogens is 172 g/mol. The fourth-order valence-corrected chi connectivity index (χ4v) is 1.16. The van der Waals surface area contributed by atoms with Crippen LogP contribution < -0.4 is 5.73 Å². The molecule has 13 heavy (non-hydrogen) atoms. The van der Waals surface area contributed by atoms with Crippen LogP contribution in [0, 0.1) is 11.6 Å². The first-order valence-electron chi connectivity index (χ1n) is 3.97. The number of halogens is 2. The Balaban J connectivity index is 3.04. The minimum atomic E-state index is -0.654. The fraction of sp³-hybridized carbons (Fsp3) is 0.200. The molecule has 0 heterocycles. The lowest BCUT2D eigenvalue weighted by Crippen LogP contribution is -2.13. The summed E-state index contributed by atoms with van der Waals surface area (Å²) in [5.41, 5.74) is 5.49. The lowest BCUT2D eigenvalue weighted by Gasteiger charge is -2.11. The second-order valence-corrected chi connectivity index (χ2v) is 2.77. The molecule has 70 valence electrons. The van der Waals surface area contributed by atoms with Crippen LogP contribution in [0.3, 0.4) is 0 Å². The first-order valence-corrected chi connectivity index (χ1v) is 3.97. The maximum absolute atomic E-state index is 13.1. The zero-order valence-corrected chi connectivity index (χ0v) is 7.13. The van der Waals surface area contributed by atoms with E-state index in [0.717, 1.165) is 0 Å². The molecule has 0 saturated heterocycles. The number of rotatable bonds is 3. The van der Waals surface area contributed by atoms with Gasteiger partial charge in [0.15, 0.2) is 0 Å². The van der Waals surface area contributed by atoms with Crippen molar-refractivity contribution in [1.29, 1.82) is 0 Å². The van der Waals surface area contributed by atoms with Crippen molar-refractivity contribution in [2.75, 3.05) is 0 Å². The van der Waals surface area contributed by atoms with Gasteiger partial charge >= 0.3 is 0 Å². The average Bonchev–Trinajstić information content (AvgIpc) is 2.04. The van der Waals surface area contributed by atoms with E-state index in [2.05, 4.69) is 6.58 Å². The Morgan fingerprint density at radius 1 is 1.38 bits per heavy atom. The minimum Gasteiger partial charge on any atom is -0.324 e. The Kier molecular flexibility index (Phi) is 3.14. The molecule has 0 fully saturated rings. The molecule has 3 heteroatoms. The largest absolute Gasteiger partial charge is 0.324 e. The summed E-state index contributed by atoms with van der Waals surface area (Å²) in [4.78, 5) is 0. The molecule has 1 nitrogen and oxygen atoms in total. The molecule has 2 N–H and O–H groups in total. The Bertz CT molecular complexity index is 290. The smallest absolute Gasteiger partial charge is 0.130 e. The van der Waals surface area contributed by atoms with E-state index in [4.69, 9.17) is 5.73 Å². The fourth-order valence-electron chi connectivity index (χ4n) is 1.16. The van der Waals surface area contributed by atoms with Crippen molar-refractivity contribution in [2.45, 2.75) is 12.5 Å². The second kappa shape index (κ2) is 4.14. The Morgan fingerprint density at radius 3 is 2.38 bits per heavy atom. The lowest BCUT2D eigenvalue weighted by molar-refractivity contribution is 0.527. The van der Waals surface area contributed by atoms with Gasteiger partial charge in [-0.05, 0) is 18.6 Å². The van der Waals surface area contributed by atoms with Crippen LogP contribution in [0.1, 0.15) is 18.0 Å². The summed E-state index contributed by atoms with van der Waals surface area (Å²) >= 11 is 0. The van der Waals surface area contributed by atoms with Gasteiger partial charge in [0.2, 0.25) is 0 Å². The predicted molar refractivity (Wildman–Crippen MR) is 48.1 cm³/mol. The van der Waals surface area contributed by atoms with Crippen LogP contribution in [-0.4, -0.2) is 0 Å². The van der Waals surface area contributed by atoms with Gasteiger partial charge < -0.3 is 5.73 Å². The van der Waals surface area contributed by atoms with Crippen molar-refractivity contribution >= 4 is 0 Å². The van der Waals surface area contributed by atoms with E-state index in [0.29, 0.717) is 6.42 Å². The molecule has 0 spiro atoms. The predicted octanol–water partition coefficient (Wildman–Crippen LogP) is 2.54. The van der Waals surface area contributed by atoms with Crippen molar-refractivity contribution in [1.82, 2.24) is 0 Å². The van der Waals surface area contributed by atoms with Gasteiger partial charge in [-0.1, -0.05) is 12.1 Å². The molecule has 0 bridgehead atoms. The van der Waals surface area contributed by atoms with Crippen molar-refractivity contribution in [2.24, 2.45) is 5.73 Å². The Labute approximate surface area is 75.9 Å².